The lowest BCUT2D eigenvalue weighted by molar-refractivity contribution is 0.0963. The molecule has 184 valence electrons. The first-order valence-electron chi connectivity index (χ1n) is 11.8. The second kappa shape index (κ2) is 11.1. The molecule has 0 radical (unpaired) electrons. The molecule has 2 N–H and O–H groups in total. The molecule has 0 aliphatic carbocycles. The van der Waals surface area contributed by atoms with E-state index in [0.717, 1.165) is 41.5 Å². The molecule has 3 aromatic rings. The number of anilines is 1. The van der Waals surface area contributed by atoms with Gasteiger partial charge in [0.05, 0.1) is 12.3 Å². The number of nitrogens with one attached hydrogen (secondary N) is 2. The van der Waals surface area contributed by atoms with E-state index in [9.17, 15) is 9.59 Å². The molecule has 3 amide bonds. The molecule has 4 rings (SSSR count). The van der Waals surface area contributed by atoms with E-state index in [2.05, 4.69) is 20.5 Å². The Morgan fingerprint density at radius 2 is 1.71 bits per heavy atom. The lowest BCUT2D eigenvalue weighted by Gasteiger charge is -2.34. The number of urea groups is 1. The molecular weight excluding hydrogens is 446 g/mol. The maximum atomic E-state index is 12.7. The minimum atomic E-state index is -0.131. The fourth-order valence-electron chi connectivity index (χ4n) is 3.93. The number of nitrogens with zero attached hydrogens (tertiary/aromatic N) is 3. The van der Waals surface area contributed by atoms with Gasteiger partial charge >= 0.3 is 6.03 Å². The van der Waals surface area contributed by atoms with Crippen LogP contribution in [0.2, 0.25) is 0 Å². The van der Waals surface area contributed by atoms with Gasteiger partial charge in [-0.2, -0.15) is 0 Å². The molecule has 1 aliphatic heterocycles. The summed E-state index contributed by atoms with van der Waals surface area (Å²) in [5.41, 5.74) is 3.03. The lowest BCUT2D eigenvalue weighted by atomic mass is 10.1. The zero-order valence-corrected chi connectivity index (χ0v) is 20.3. The van der Waals surface area contributed by atoms with E-state index in [-0.39, 0.29) is 11.9 Å². The third-order valence-electron chi connectivity index (χ3n) is 5.96. The standard InChI is InChI=1S/C26H31N5O4/c1-4-34-22-11-9-21(10-12-22)28-26(33)31-15-13-30(14-16-31)17-23-18(2)35-25(29-23)20-7-5-19(6-8-20)24(32)27-3/h5-12H,4,13-17H2,1-3H3,(H,27,32)(H,28,33). The number of benzene rings is 2. The lowest BCUT2D eigenvalue weighted by Crippen LogP contribution is -2.49. The van der Waals surface area contributed by atoms with Crippen LogP contribution in [-0.4, -0.2) is 66.6 Å². The first-order chi connectivity index (χ1) is 17.0. The number of amides is 3. The van der Waals surface area contributed by atoms with Crippen LogP contribution in [0, 0.1) is 6.92 Å². The predicted octanol–water partition coefficient (Wildman–Crippen LogP) is 3.76. The van der Waals surface area contributed by atoms with Gasteiger partial charge in [-0.1, -0.05) is 0 Å². The monoisotopic (exact) mass is 477 g/mol. The van der Waals surface area contributed by atoms with Crippen molar-refractivity contribution in [1.82, 2.24) is 20.1 Å². The number of carbonyl (C=O) groups excluding carboxylic acids is 2. The molecule has 0 spiro atoms. The maximum Gasteiger partial charge on any atom is 0.321 e. The summed E-state index contributed by atoms with van der Waals surface area (Å²) in [7, 11) is 1.61. The van der Waals surface area contributed by atoms with Crippen LogP contribution in [0.3, 0.4) is 0 Å². The van der Waals surface area contributed by atoms with Gasteiger partial charge in [-0.25, -0.2) is 9.78 Å². The zero-order valence-electron chi connectivity index (χ0n) is 20.3. The predicted molar refractivity (Wildman–Crippen MR) is 134 cm³/mol. The van der Waals surface area contributed by atoms with Crippen molar-refractivity contribution < 1.29 is 18.7 Å². The molecule has 0 saturated carbocycles. The van der Waals surface area contributed by atoms with E-state index in [1.165, 1.54) is 0 Å². The molecule has 1 saturated heterocycles. The summed E-state index contributed by atoms with van der Waals surface area (Å²) in [5.74, 6) is 1.96. The van der Waals surface area contributed by atoms with Gasteiger partial charge in [0.1, 0.15) is 11.5 Å². The smallest absolute Gasteiger partial charge is 0.321 e. The van der Waals surface area contributed by atoms with E-state index in [4.69, 9.17) is 9.15 Å². The highest BCUT2D eigenvalue weighted by Gasteiger charge is 2.23. The first kappa shape index (κ1) is 24.3. The zero-order chi connectivity index (χ0) is 24.8. The highest BCUT2D eigenvalue weighted by atomic mass is 16.5. The van der Waals surface area contributed by atoms with Crippen LogP contribution < -0.4 is 15.4 Å². The summed E-state index contributed by atoms with van der Waals surface area (Å²) in [6.45, 7) is 7.87. The molecule has 35 heavy (non-hydrogen) atoms. The number of oxazole rings is 1. The van der Waals surface area contributed by atoms with Crippen LogP contribution in [0.5, 0.6) is 5.75 Å². The molecule has 1 aliphatic rings. The van der Waals surface area contributed by atoms with Crippen molar-refractivity contribution in [2.75, 3.05) is 45.2 Å². The summed E-state index contributed by atoms with van der Waals surface area (Å²) in [6.07, 6.45) is 0. The Kier molecular flexibility index (Phi) is 7.67. The fourth-order valence-corrected chi connectivity index (χ4v) is 3.93. The van der Waals surface area contributed by atoms with Gasteiger partial charge in [-0.15, -0.1) is 0 Å². The van der Waals surface area contributed by atoms with Crippen molar-refractivity contribution in [3.8, 4) is 17.2 Å². The highest BCUT2D eigenvalue weighted by Crippen LogP contribution is 2.23. The number of aromatic nitrogens is 1. The molecule has 1 fully saturated rings. The average Bonchev–Trinajstić information content (AvgIpc) is 3.25. The van der Waals surface area contributed by atoms with Gasteiger partial charge in [0.15, 0.2) is 0 Å². The first-order valence-corrected chi connectivity index (χ1v) is 11.8. The van der Waals surface area contributed by atoms with Crippen LogP contribution >= 0.6 is 0 Å². The van der Waals surface area contributed by atoms with E-state index >= 15 is 0 Å². The normalized spacial score (nSPS) is 14.0. The Balaban J connectivity index is 1.30. The molecular formula is C26H31N5O4. The molecule has 1 aromatic heterocycles. The highest BCUT2D eigenvalue weighted by molar-refractivity contribution is 5.94. The van der Waals surface area contributed by atoms with Gasteiger partial charge < -0.3 is 24.7 Å². The summed E-state index contributed by atoms with van der Waals surface area (Å²) in [6, 6.07) is 14.5. The van der Waals surface area contributed by atoms with Crippen LogP contribution in [0.25, 0.3) is 11.5 Å². The maximum absolute atomic E-state index is 12.7. The molecule has 0 bridgehead atoms. The summed E-state index contributed by atoms with van der Waals surface area (Å²) in [4.78, 5) is 33.2. The Morgan fingerprint density at radius 3 is 2.34 bits per heavy atom. The Labute approximate surface area is 205 Å². The molecule has 9 heteroatoms. The van der Waals surface area contributed by atoms with Gasteiger partial charge in [-0.3, -0.25) is 9.69 Å². The second-order valence-electron chi connectivity index (χ2n) is 8.33. The summed E-state index contributed by atoms with van der Waals surface area (Å²) < 4.78 is 11.3. The van der Waals surface area contributed by atoms with E-state index in [1.807, 2.05) is 55.1 Å². The summed E-state index contributed by atoms with van der Waals surface area (Å²) >= 11 is 0. The minimum Gasteiger partial charge on any atom is -0.494 e. The van der Waals surface area contributed by atoms with E-state index < -0.39 is 0 Å². The minimum absolute atomic E-state index is 0.103. The number of rotatable bonds is 7. The van der Waals surface area contributed by atoms with Crippen LogP contribution in [-0.2, 0) is 6.54 Å². The number of aryl methyl sites for hydroxylation is 1. The van der Waals surface area contributed by atoms with Crippen molar-refractivity contribution >= 4 is 17.6 Å². The largest absolute Gasteiger partial charge is 0.494 e. The van der Waals surface area contributed by atoms with Crippen molar-refractivity contribution in [3.63, 3.8) is 0 Å². The molecule has 2 aromatic carbocycles. The third-order valence-corrected chi connectivity index (χ3v) is 5.96. The summed E-state index contributed by atoms with van der Waals surface area (Å²) in [5, 5.41) is 5.56. The van der Waals surface area contributed by atoms with E-state index in [0.29, 0.717) is 37.7 Å². The molecule has 9 nitrogen and oxygen atoms in total. The Morgan fingerprint density at radius 1 is 1.03 bits per heavy atom. The number of ether oxygens (including phenoxy) is 1. The molecule has 0 atom stereocenters. The Hall–Kier alpha value is -3.85. The number of carbonyl (C=O) groups is 2. The number of hydrogen-bond acceptors (Lipinski definition) is 6. The molecule has 0 unspecified atom stereocenters. The van der Waals surface area contributed by atoms with Crippen molar-refractivity contribution in [2.45, 2.75) is 20.4 Å². The average molecular weight is 478 g/mol. The number of piperazine rings is 1. The second-order valence-corrected chi connectivity index (χ2v) is 8.33. The van der Waals surface area contributed by atoms with Gasteiger partial charge in [0.2, 0.25) is 5.89 Å². The van der Waals surface area contributed by atoms with Crippen LogP contribution in [0.1, 0.15) is 28.7 Å². The third kappa shape index (κ3) is 5.99. The fraction of sp³-hybridized carbons (Fsp3) is 0.346. The van der Waals surface area contributed by atoms with Crippen molar-refractivity contribution in [2.24, 2.45) is 0 Å². The SMILES string of the molecule is CCOc1ccc(NC(=O)N2CCN(Cc3nc(-c4ccc(C(=O)NC)cc4)oc3C)CC2)cc1. The molecule has 2 heterocycles. The van der Waals surface area contributed by atoms with Crippen LogP contribution in [0.15, 0.2) is 52.9 Å². The van der Waals surface area contributed by atoms with Crippen molar-refractivity contribution in [1.29, 1.82) is 0 Å². The topological polar surface area (TPSA) is 99.9 Å². The van der Waals surface area contributed by atoms with Gasteiger partial charge in [-0.05, 0) is 62.4 Å². The van der Waals surface area contributed by atoms with Crippen molar-refractivity contribution in [3.05, 3.63) is 65.5 Å². The van der Waals surface area contributed by atoms with Gasteiger partial charge in [0.25, 0.3) is 5.91 Å². The van der Waals surface area contributed by atoms with Gasteiger partial charge in [0, 0.05) is 56.6 Å². The Bertz CT molecular complexity index is 1150. The number of hydrogen-bond donors (Lipinski definition) is 2. The quantitative estimate of drug-likeness (QED) is 0.538. The van der Waals surface area contributed by atoms with E-state index in [1.54, 1.807) is 19.2 Å². The van der Waals surface area contributed by atoms with Crippen LogP contribution in [0.4, 0.5) is 10.5 Å².